The highest BCUT2D eigenvalue weighted by atomic mass is 14.2. The molecule has 0 aromatic rings. The topological polar surface area (TPSA) is 0 Å². The molecule has 0 aliphatic heterocycles. The minimum absolute atomic E-state index is 0.756. The summed E-state index contributed by atoms with van der Waals surface area (Å²) in [5.41, 5.74) is 1.28. The summed E-state index contributed by atoms with van der Waals surface area (Å²) in [6.07, 6.45) is 11.3. The van der Waals surface area contributed by atoms with E-state index in [4.69, 9.17) is 0 Å². The van der Waals surface area contributed by atoms with Crippen molar-refractivity contribution in [1.82, 2.24) is 0 Å². The Balaban J connectivity index is 2.40. The van der Waals surface area contributed by atoms with Crippen LogP contribution in [-0.2, 0) is 0 Å². The lowest BCUT2D eigenvalue weighted by Crippen LogP contribution is -1.93. The van der Waals surface area contributed by atoms with Crippen molar-refractivity contribution in [3.05, 3.63) is 37.0 Å². The second kappa shape index (κ2) is 4.17. The van der Waals surface area contributed by atoms with Crippen molar-refractivity contribution in [2.45, 2.75) is 25.7 Å². The summed E-state index contributed by atoms with van der Waals surface area (Å²) in [4.78, 5) is 0. The molecular formula is C11H16. The number of allylic oxidation sites excluding steroid dienone is 4. The summed E-state index contributed by atoms with van der Waals surface area (Å²) in [5, 5.41) is 0. The Hall–Kier alpha value is -0.780. The van der Waals surface area contributed by atoms with Gasteiger partial charge in [0.25, 0.3) is 0 Å². The average Bonchev–Trinajstić information content (AvgIpc) is 2.52. The largest absolute Gasteiger partial charge is 0.0991 e. The van der Waals surface area contributed by atoms with E-state index < -0.39 is 0 Å². The maximum absolute atomic E-state index is 4.04. The van der Waals surface area contributed by atoms with E-state index in [9.17, 15) is 0 Å². The first-order chi connectivity index (χ1) is 5.34. The molecule has 0 radical (unpaired) electrons. The Kier molecular flexibility index (Phi) is 3.15. The van der Waals surface area contributed by atoms with Gasteiger partial charge in [-0.05, 0) is 18.8 Å². The molecule has 1 aliphatic rings. The first-order valence-electron chi connectivity index (χ1n) is 4.32. The first kappa shape index (κ1) is 8.32. The fraction of sp³-hybridized carbons (Fsp3) is 0.455. The smallest absolute Gasteiger partial charge is 0.0168 e. The Labute approximate surface area is 69.3 Å². The van der Waals surface area contributed by atoms with Crippen molar-refractivity contribution in [3.63, 3.8) is 0 Å². The molecular weight excluding hydrogens is 132 g/mol. The van der Waals surface area contributed by atoms with Crippen molar-refractivity contribution in [3.8, 4) is 0 Å². The van der Waals surface area contributed by atoms with Gasteiger partial charge in [0.15, 0.2) is 0 Å². The van der Waals surface area contributed by atoms with E-state index in [0.717, 1.165) is 5.92 Å². The minimum Gasteiger partial charge on any atom is -0.0991 e. The molecule has 1 saturated carbocycles. The van der Waals surface area contributed by atoms with Gasteiger partial charge in [-0.2, -0.15) is 0 Å². The van der Waals surface area contributed by atoms with Gasteiger partial charge in [-0.15, -0.1) is 0 Å². The summed E-state index contributed by atoms with van der Waals surface area (Å²) >= 11 is 0. The van der Waals surface area contributed by atoms with E-state index in [2.05, 4.69) is 19.2 Å². The van der Waals surface area contributed by atoms with E-state index in [-0.39, 0.29) is 0 Å². The third-order valence-corrected chi connectivity index (χ3v) is 2.33. The molecule has 11 heavy (non-hydrogen) atoms. The maximum Gasteiger partial charge on any atom is -0.0168 e. The van der Waals surface area contributed by atoms with Gasteiger partial charge in [0.05, 0.1) is 0 Å². The van der Waals surface area contributed by atoms with Crippen LogP contribution in [0.5, 0.6) is 0 Å². The molecule has 0 N–H and O–H groups in total. The molecule has 1 aliphatic carbocycles. The predicted molar refractivity (Wildman–Crippen MR) is 50.4 cm³/mol. The SMILES string of the molecule is C=C/C=C\C(=C)C1CCCC1. The lowest BCUT2D eigenvalue weighted by atomic mass is 9.99. The third kappa shape index (κ3) is 2.38. The highest BCUT2D eigenvalue weighted by molar-refractivity contribution is 5.21. The number of hydrogen-bond donors (Lipinski definition) is 0. The quantitative estimate of drug-likeness (QED) is 0.537. The van der Waals surface area contributed by atoms with Crippen molar-refractivity contribution in [2.75, 3.05) is 0 Å². The molecule has 0 heterocycles. The summed E-state index contributed by atoms with van der Waals surface area (Å²) in [7, 11) is 0. The molecule has 0 atom stereocenters. The van der Waals surface area contributed by atoms with Crippen LogP contribution in [0.4, 0.5) is 0 Å². The predicted octanol–water partition coefficient (Wildman–Crippen LogP) is 3.48. The Bertz CT molecular complexity index is 168. The molecule has 0 saturated heterocycles. The van der Waals surface area contributed by atoms with Gasteiger partial charge in [-0.1, -0.05) is 49.8 Å². The van der Waals surface area contributed by atoms with E-state index in [1.165, 1.54) is 31.3 Å². The first-order valence-corrected chi connectivity index (χ1v) is 4.32. The van der Waals surface area contributed by atoms with Crippen molar-refractivity contribution in [2.24, 2.45) is 5.92 Å². The molecule has 1 fully saturated rings. The Morgan fingerprint density at radius 1 is 1.27 bits per heavy atom. The zero-order valence-electron chi connectivity index (χ0n) is 7.05. The monoisotopic (exact) mass is 148 g/mol. The zero-order valence-corrected chi connectivity index (χ0v) is 7.05. The van der Waals surface area contributed by atoms with Crippen LogP contribution in [-0.4, -0.2) is 0 Å². The second-order valence-electron chi connectivity index (χ2n) is 3.15. The van der Waals surface area contributed by atoms with Gasteiger partial charge in [0.1, 0.15) is 0 Å². The second-order valence-corrected chi connectivity index (χ2v) is 3.15. The Morgan fingerprint density at radius 2 is 1.91 bits per heavy atom. The van der Waals surface area contributed by atoms with E-state index in [0.29, 0.717) is 0 Å². The van der Waals surface area contributed by atoms with Gasteiger partial charge in [-0.25, -0.2) is 0 Å². The number of rotatable bonds is 3. The normalized spacial score (nSPS) is 19.3. The summed E-state index contributed by atoms with van der Waals surface area (Å²) < 4.78 is 0. The van der Waals surface area contributed by atoms with Crippen LogP contribution in [0.3, 0.4) is 0 Å². The van der Waals surface area contributed by atoms with Crippen LogP contribution in [0.1, 0.15) is 25.7 Å². The van der Waals surface area contributed by atoms with Crippen LogP contribution in [0.15, 0.2) is 37.0 Å². The fourth-order valence-corrected chi connectivity index (χ4v) is 1.62. The molecule has 1 rings (SSSR count). The molecule has 0 heteroatoms. The van der Waals surface area contributed by atoms with Gasteiger partial charge in [-0.3, -0.25) is 0 Å². The van der Waals surface area contributed by atoms with E-state index in [1.54, 1.807) is 6.08 Å². The van der Waals surface area contributed by atoms with Crippen molar-refractivity contribution >= 4 is 0 Å². The van der Waals surface area contributed by atoms with E-state index in [1.807, 2.05) is 6.08 Å². The van der Waals surface area contributed by atoms with Gasteiger partial charge in [0.2, 0.25) is 0 Å². The summed E-state index contributed by atoms with van der Waals surface area (Å²) in [6, 6.07) is 0. The van der Waals surface area contributed by atoms with Crippen molar-refractivity contribution in [1.29, 1.82) is 0 Å². The van der Waals surface area contributed by atoms with Gasteiger partial charge >= 0.3 is 0 Å². The lowest BCUT2D eigenvalue weighted by Gasteiger charge is -2.07. The fourth-order valence-electron chi connectivity index (χ4n) is 1.62. The molecule has 0 bridgehead atoms. The molecule has 0 spiro atoms. The lowest BCUT2D eigenvalue weighted by molar-refractivity contribution is 0.660. The van der Waals surface area contributed by atoms with Crippen molar-refractivity contribution < 1.29 is 0 Å². The molecule has 0 amide bonds. The molecule has 0 nitrogen and oxygen atoms in total. The summed E-state index contributed by atoms with van der Waals surface area (Å²) in [6.45, 7) is 7.67. The molecule has 0 unspecified atom stereocenters. The van der Waals surface area contributed by atoms with Gasteiger partial charge in [0, 0.05) is 0 Å². The molecule has 0 aromatic carbocycles. The standard InChI is InChI=1S/C11H16/c1-3-4-7-10(2)11-8-5-6-9-11/h3-4,7,11H,1-2,5-6,8-9H2/b7-4-. The summed E-state index contributed by atoms with van der Waals surface area (Å²) in [5.74, 6) is 0.756. The van der Waals surface area contributed by atoms with Crippen LogP contribution < -0.4 is 0 Å². The maximum atomic E-state index is 4.04. The average molecular weight is 148 g/mol. The molecule has 0 aromatic heterocycles. The Morgan fingerprint density at radius 3 is 2.45 bits per heavy atom. The van der Waals surface area contributed by atoms with Crippen LogP contribution in [0.25, 0.3) is 0 Å². The van der Waals surface area contributed by atoms with E-state index >= 15 is 0 Å². The zero-order chi connectivity index (χ0) is 8.10. The minimum atomic E-state index is 0.756. The number of hydrogen-bond acceptors (Lipinski definition) is 0. The molecule has 60 valence electrons. The van der Waals surface area contributed by atoms with Crippen LogP contribution >= 0.6 is 0 Å². The highest BCUT2D eigenvalue weighted by Gasteiger charge is 2.15. The van der Waals surface area contributed by atoms with Crippen LogP contribution in [0, 0.1) is 5.92 Å². The third-order valence-electron chi connectivity index (χ3n) is 2.33. The van der Waals surface area contributed by atoms with Crippen LogP contribution in [0.2, 0.25) is 0 Å². The van der Waals surface area contributed by atoms with Gasteiger partial charge < -0.3 is 0 Å². The highest BCUT2D eigenvalue weighted by Crippen LogP contribution is 2.30.